The van der Waals surface area contributed by atoms with Crippen LogP contribution in [0.2, 0.25) is 0 Å². The molecule has 5 nitrogen and oxygen atoms in total. The van der Waals surface area contributed by atoms with Gasteiger partial charge in [-0.3, -0.25) is 4.79 Å². The second-order valence-corrected chi connectivity index (χ2v) is 5.81. The van der Waals surface area contributed by atoms with Crippen molar-refractivity contribution in [2.75, 3.05) is 6.61 Å². The first-order chi connectivity index (χ1) is 9.77. The fourth-order valence-corrected chi connectivity index (χ4v) is 1.70. The van der Waals surface area contributed by atoms with E-state index in [1.54, 1.807) is 52.0 Å². The number of aliphatic hydroxyl groups is 1. The molecule has 1 aromatic carbocycles. The molecule has 0 bridgehead atoms. The zero-order valence-corrected chi connectivity index (χ0v) is 12.9. The number of carbonyl (C=O) groups excluding carboxylic acids is 2. The molecule has 116 valence electrons. The van der Waals surface area contributed by atoms with E-state index in [4.69, 9.17) is 4.74 Å². The summed E-state index contributed by atoms with van der Waals surface area (Å²) in [6.07, 6.45) is -1.16. The molecule has 2 unspecified atom stereocenters. The Morgan fingerprint density at radius 3 is 2.29 bits per heavy atom. The largest absolute Gasteiger partial charge is 0.464 e. The Morgan fingerprint density at radius 2 is 1.81 bits per heavy atom. The minimum absolute atomic E-state index is 0.183. The predicted molar refractivity (Wildman–Crippen MR) is 79.4 cm³/mol. The molecule has 2 atom stereocenters. The zero-order chi connectivity index (χ0) is 16.0. The van der Waals surface area contributed by atoms with Crippen LogP contribution in [0.3, 0.4) is 0 Å². The van der Waals surface area contributed by atoms with E-state index in [0.717, 1.165) is 0 Å². The Kier molecular flexibility index (Phi) is 5.90. The molecular formula is C16H23NO4. The van der Waals surface area contributed by atoms with E-state index in [9.17, 15) is 14.7 Å². The van der Waals surface area contributed by atoms with Gasteiger partial charge >= 0.3 is 5.97 Å². The smallest absolute Gasteiger partial charge is 0.331 e. The molecule has 1 amide bonds. The third kappa shape index (κ3) is 4.86. The van der Waals surface area contributed by atoms with E-state index in [2.05, 4.69) is 5.32 Å². The van der Waals surface area contributed by atoms with Crippen LogP contribution in [0.15, 0.2) is 30.3 Å². The van der Waals surface area contributed by atoms with Crippen LogP contribution in [0.1, 0.15) is 39.4 Å². The minimum Gasteiger partial charge on any atom is -0.464 e. The number of esters is 1. The molecule has 0 saturated carbocycles. The highest BCUT2D eigenvalue weighted by atomic mass is 16.5. The lowest BCUT2D eigenvalue weighted by atomic mass is 9.94. The van der Waals surface area contributed by atoms with Gasteiger partial charge in [0.15, 0.2) is 6.04 Å². The van der Waals surface area contributed by atoms with Crippen molar-refractivity contribution in [3.05, 3.63) is 35.9 Å². The second-order valence-electron chi connectivity index (χ2n) is 5.81. The van der Waals surface area contributed by atoms with Gasteiger partial charge in [0.2, 0.25) is 5.91 Å². The van der Waals surface area contributed by atoms with Gasteiger partial charge in [0.25, 0.3) is 0 Å². The van der Waals surface area contributed by atoms with Crippen molar-refractivity contribution in [1.29, 1.82) is 0 Å². The van der Waals surface area contributed by atoms with Crippen molar-refractivity contribution in [2.24, 2.45) is 5.41 Å². The van der Waals surface area contributed by atoms with Gasteiger partial charge in [0.05, 0.1) is 6.61 Å². The minimum atomic E-state index is -1.16. The van der Waals surface area contributed by atoms with Crippen LogP contribution in [-0.2, 0) is 14.3 Å². The van der Waals surface area contributed by atoms with Gasteiger partial charge in [0, 0.05) is 5.41 Å². The van der Waals surface area contributed by atoms with E-state index in [1.165, 1.54) is 0 Å². The summed E-state index contributed by atoms with van der Waals surface area (Å²) in [6.45, 7) is 7.07. The van der Waals surface area contributed by atoms with Crippen LogP contribution in [-0.4, -0.2) is 29.6 Å². The number of amides is 1. The van der Waals surface area contributed by atoms with Gasteiger partial charge in [-0.2, -0.15) is 0 Å². The Balaban J connectivity index is 2.97. The molecule has 0 fully saturated rings. The molecule has 0 aliphatic rings. The van der Waals surface area contributed by atoms with Gasteiger partial charge in [-0.1, -0.05) is 51.1 Å². The summed E-state index contributed by atoms with van der Waals surface area (Å²) in [5.41, 5.74) is -0.119. The van der Waals surface area contributed by atoms with Crippen molar-refractivity contribution in [3.8, 4) is 0 Å². The number of hydrogen-bond acceptors (Lipinski definition) is 4. The van der Waals surface area contributed by atoms with Crippen LogP contribution in [0.4, 0.5) is 0 Å². The molecule has 0 aliphatic heterocycles. The lowest BCUT2D eigenvalue weighted by Gasteiger charge is -2.26. The zero-order valence-electron chi connectivity index (χ0n) is 12.9. The molecule has 1 rings (SSSR count). The highest BCUT2D eigenvalue weighted by Crippen LogP contribution is 2.20. The lowest BCUT2D eigenvalue weighted by molar-refractivity contribution is -0.152. The molecule has 0 heterocycles. The normalized spacial score (nSPS) is 14.1. The summed E-state index contributed by atoms with van der Waals surface area (Å²) in [5, 5.41) is 13.0. The summed E-state index contributed by atoms with van der Waals surface area (Å²) >= 11 is 0. The van der Waals surface area contributed by atoms with Crippen LogP contribution in [0.25, 0.3) is 0 Å². The van der Waals surface area contributed by atoms with E-state index < -0.39 is 23.5 Å². The number of ether oxygens (including phenoxy) is 1. The molecule has 0 radical (unpaired) electrons. The Bertz CT molecular complexity index is 479. The highest BCUT2D eigenvalue weighted by Gasteiger charge is 2.34. The number of rotatable bonds is 5. The topological polar surface area (TPSA) is 75.6 Å². The lowest BCUT2D eigenvalue weighted by Crippen LogP contribution is -2.49. The SMILES string of the molecule is CCOC(=O)C(NC(=O)C(C)(C)C)C(O)c1ccccc1. The van der Waals surface area contributed by atoms with Gasteiger partial charge in [-0.05, 0) is 12.5 Å². The quantitative estimate of drug-likeness (QED) is 0.812. The van der Waals surface area contributed by atoms with Crippen molar-refractivity contribution >= 4 is 11.9 Å². The van der Waals surface area contributed by atoms with Gasteiger partial charge in [-0.15, -0.1) is 0 Å². The Labute approximate surface area is 125 Å². The third-order valence-electron chi connectivity index (χ3n) is 2.97. The number of nitrogens with one attached hydrogen (secondary N) is 1. The summed E-state index contributed by atoms with van der Waals surface area (Å²) in [7, 11) is 0. The van der Waals surface area contributed by atoms with Crippen LogP contribution >= 0.6 is 0 Å². The summed E-state index contributed by atoms with van der Waals surface area (Å²) in [6, 6.07) is 7.58. The van der Waals surface area contributed by atoms with E-state index in [-0.39, 0.29) is 12.5 Å². The van der Waals surface area contributed by atoms with Crippen LogP contribution in [0.5, 0.6) is 0 Å². The predicted octanol–water partition coefficient (Wildman–Crippen LogP) is 1.81. The van der Waals surface area contributed by atoms with Crippen LogP contribution < -0.4 is 5.32 Å². The van der Waals surface area contributed by atoms with Gasteiger partial charge in [-0.25, -0.2) is 4.79 Å². The van der Waals surface area contributed by atoms with E-state index in [1.807, 2.05) is 6.07 Å². The van der Waals surface area contributed by atoms with Gasteiger partial charge in [0.1, 0.15) is 6.10 Å². The third-order valence-corrected chi connectivity index (χ3v) is 2.97. The molecular weight excluding hydrogens is 270 g/mol. The number of benzene rings is 1. The van der Waals surface area contributed by atoms with Crippen molar-refractivity contribution in [3.63, 3.8) is 0 Å². The maximum atomic E-state index is 12.1. The number of hydrogen-bond donors (Lipinski definition) is 2. The average molecular weight is 293 g/mol. The summed E-state index contributed by atoms with van der Waals surface area (Å²) < 4.78 is 4.95. The number of carbonyl (C=O) groups is 2. The fraction of sp³-hybridized carbons (Fsp3) is 0.500. The Hall–Kier alpha value is -1.88. The first-order valence-electron chi connectivity index (χ1n) is 6.98. The van der Waals surface area contributed by atoms with Gasteiger partial charge < -0.3 is 15.2 Å². The van der Waals surface area contributed by atoms with Crippen molar-refractivity contribution in [2.45, 2.75) is 39.8 Å². The first-order valence-corrected chi connectivity index (χ1v) is 6.98. The van der Waals surface area contributed by atoms with Crippen LogP contribution in [0, 0.1) is 5.41 Å². The summed E-state index contributed by atoms with van der Waals surface area (Å²) in [4.78, 5) is 24.1. The summed E-state index contributed by atoms with van der Waals surface area (Å²) in [5.74, 6) is -0.970. The molecule has 2 N–H and O–H groups in total. The molecule has 1 aromatic rings. The standard InChI is InChI=1S/C16H23NO4/c1-5-21-14(19)12(17-15(20)16(2,3)4)13(18)11-9-7-6-8-10-11/h6-10,12-13,18H,5H2,1-4H3,(H,17,20). The van der Waals surface area contributed by atoms with E-state index in [0.29, 0.717) is 5.56 Å². The second kappa shape index (κ2) is 7.22. The van der Waals surface area contributed by atoms with E-state index >= 15 is 0 Å². The Morgan fingerprint density at radius 1 is 1.24 bits per heavy atom. The fourth-order valence-electron chi connectivity index (χ4n) is 1.70. The molecule has 21 heavy (non-hydrogen) atoms. The molecule has 0 aromatic heterocycles. The molecule has 0 aliphatic carbocycles. The monoisotopic (exact) mass is 293 g/mol. The highest BCUT2D eigenvalue weighted by molar-refractivity contribution is 5.87. The average Bonchev–Trinajstić information content (AvgIpc) is 2.43. The number of aliphatic hydroxyl groups excluding tert-OH is 1. The maximum absolute atomic E-state index is 12.1. The molecule has 5 heteroatoms. The van der Waals surface area contributed by atoms with Crippen molar-refractivity contribution in [1.82, 2.24) is 5.32 Å². The molecule has 0 saturated heterocycles. The van der Waals surface area contributed by atoms with Crippen molar-refractivity contribution < 1.29 is 19.4 Å². The molecule has 0 spiro atoms. The first kappa shape index (κ1) is 17.2. The maximum Gasteiger partial charge on any atom is 0.331 e.